The lowest BCUT2D eigenvalue weighted by Gasteiger charge is -2.32. The maximum Gasteiger partial charge on any atom is 0.427 e. The summed E-state index contributed by atoms with van der Waals surface area (Å²) < 4.78 is 51.4. The SMILES string of the molecule is O=C(c1ccccc1F)N1CCC(Nc2ncc(C(F)(F)F)s2)CC1. The van der Waals surface area contributed by atoms with E-state index in [0.717, 1.165) is 6.20 Å². The minimum absolute atomic E-state index is 0.0312. The number of carbonyl (C=O) groups excluding carboxylic acids is 1. The third-order valence-electron chi connectivity index (χ3n) is 4.00. The van der Waals surface area contributed by atoms with Gasteiger partial charge in [-0.1, -0.05) is 23.5 Å². The number of likely N-dealkylation sites (tertiary alicyclic amines) is 1. The predicted octanol–water partition coefficient (Wildman–Crippen LogP) is 4.02. The Bertz CT molecular complexity index is 754. The van der Waals surface area contributed by atoms with Gasteiger partial charge in [0.25, 0.3) is 5.91 Å². The van der Waals surface area contributed by atoms with E-state index in [1.54, 1.807) is 11.0 Å². The summed E-state index contributed by atoms with van der Waals surface area (Å²) in [5.41, 5.74) is 0.0312. The van der Waals surface area contributed by atoms with Crippen LogP contribution >= 0.6 is 11.3 Å². The minimum atomic E-state index is -4.40. The van der Waals surface area contributed by atoms with Gasteiger partial charge in [-0.25, -0.2) is 9.37 Å². The highest BCUT2D eigenvalue weighted by atomic mass is 32.1. The van der Waals surface area contributed by atoms with Gasteiger partial charge in [0.2, 0.25) is 0 Å². The molecule has 0 unspecified atom stereocenters. The zero-order chi connectivity index (χ0) is 18.0. The van der Waals surface area contributed by atoms with E-state index in [2.05, 4.69) is 10.3 Å². The molecule has 1 aromatic heterocycles. The lowest BCUT2D eigenvalue weighted by atomic mass is 10.0. The third-order valence-corrected chi connectivity index (χ3v) is 4.97. The fraction of sp³-hybridized carbons (Fsp3) is 0.375. The Morgan fingerprint density at radius 2 is 1.92 bits per heavy atom. The molecule has 9 heteroatoms. The number of aromatic nitrogens is 1. The fourth-order valence-electron chi connectivity index (χ4n) is 2.68. The van der Waals surface area contributed by atoms with Crippen LogP contribution in [0.15, 0.2) is 30.5 Å². The van der Waals surface area contributed by atoms with Crippen LogP contribution in [0.3, 0.4) is 0 Å². The number of halogens is 4. The molecule has 1 aliphatic heterocycles. The summed E-state index contributed by atoms with van der Waals surface area (Å²) >= 11 is 0.562. The highest BCUT2D eigenvalue weighted by molar-refractivity contribution is 7.15. The predicted molar refractivity (Wildman–Crippen MR) is 86.1 cm³/mol. The van der Waals surface area contributed by atoms with E-state index in [-0.39, 0.29) is 22.6 Å². The molecule has 0 aliphatic carbocycles. The van der Waals surface area contributed by atoms with Crippen LogP contribution in [0.5, 0.6) is 0 Å². The first-order chi connectivity index (χ1) is 11.8. The molecule has 0 radical (unpaired) electrons. The lowest BCUT2D eigenvalue weighted by Crippen LogP contribution is -2.42. The monoisotopic (exact) mass is 373 g/mol. The normalized spacial score (nSPS) is 16.1. The number of anilines is 1. The van der Waals surface area contributed by atoms with Gasteiger partial charge in [-0.05, 0) is 25.0 Å². The summed E-state index contributed by atoms with van der Waals surface area (Å²) in [5.74, 6) is -0.930. The van der Waals surface area contributed by atoms with Gasteiger partial charge >= 0.3 is 6.18 Å². The number of hydrogen-bond acceptors (Lipinski definition) is 4. The first-order valence-corrected chi connectivity index (χ1v) is 8.49. The summed E-state index contributed by atoms with van der Waals surface area (Å²) in [6.07, 6.45) is -2.47. The molecule has 0 atom stereocenters. The number of hydrogen-bond donors (Lipinski definition) is 1. The summed E-state index contributed by atoms with van der Waals surface area (Å²) in [7, 11) is 0. The number of nitrogens with zero attached hydrogens (tertiary/aromatic N) is 2. The highest BCUT2D eigenvalue weighted by Crippen LogP contribution is 2.35. The van der Waals surface area contributed by atoms with E-state index in [9.17, 15) is 22.4 Å². The molecule has 1 aromatic carbocycles. The second kappa shape index (κ2) is 6.99. The highest BCUT2D eigenvalue weighted by Gasteiger charge is 2.33. The van der Waals surface area contributed by atoms with E-state index >= 15 is 0 Å². The summed E-state index contributed by atoms with van der Waals surface area (Å²) in [4.78, 5) is 16.9. The second-order valence-electron chi connectivity index (χ2n) is 5.72. The van der Waals surface area contributed by atoms with E-state index < -0.39 is 16.9 Å². The van der Waals surface area contributed by atoms with Gasteiger partial charge in [-0.3, -0.25) is 4.79 Å². The van der Waals surface area contributed by atoms with Crippen LogP contribution in [0.25, 0.3) is 0 Å². The van der Waals surface area contributed by atoms with Gasteiger partial charge in [0.15, 0.2) is 5.13 Å². The van der Waals surface area contributed by atoms with Crippen LogP contribution in [0.2, 0.25) is 0 Å². The Hall–Kier alpha value is -2.16. The maximum absolute atomic E-state index is 13.7. The molecule has 1 N–H and O–H groups in total. The zero-order valence-corrected chi connectivity index (χ0v) is 13.8. The Balaban J connectivity index is 1.56. The van der Waals surface area contributed by atoms with Crippen LogP contribution in [0.4, 0.5) is 22.7 Å². The Kier molecular flexibility index (Phi) is 4.94. The standard InChI is InChI=1S/C16H15F4N3OS/c17-12-4-2-1-3-11(12)14(24)23-7-5-10(6-8-23)22-15-21-9-13(25-15)16(18,19)20/h1-4,9-10H,5-8H2,(H,21,22). The van der Waals surface area contributed by atoms with Crippen molar-refractivity contribution in [2.45, 2.75) is 25.1 Å². The molecule has 1 fully saturated rings. The Morgan fingerprint density at radius 3 is 2.52 bits per heavy atom. The second-order valence-corrected chi connectivity index (χ2v) is 6.75. The van der Waals surface area contributed by atoms with Crippen molar-refractivity contribution in [1.82, 2.24) is 9.88 Å². The van der Waals surface area contributed by atoms with Crippen molar-refractivity contribution in [2.24, 2.45) is 0 Å². The summed E-state index contributed by atoms with van der Waals surface area (Å²) in [5, 5.41) is 3.19. The van der Waals surface area contributed by atoms with Crippen molar-refractivity contribution >= 4 is 22.4 Å². The molecule has 1 saturated heterocycles. The van der Waals surface area contributed by atoms with Crippen LogP contribution in [0.1, 0.15) is 28.1 Å². The van der Waals surface area contributed by atoms with Crippen LogP contribution in [-0.2, 0) is 6.18 Å². The number of alkyl halides is 3. The number of benzene rings is 1. The molecule has 2 aromatic rings. The minimum Gasteiger partial charge on any atom is -0.359 e. The average Bonchev–Trinajstić information content (AvgIpc) is 3.04. The summed E-state index contributed by atoms with van der Waals surface area (Å²) in [6, 6.07) is 5.73. The Morgan fingerprint density at radius 1 is 1.24 bits per heavy atom. The van der Waals surface area contributed by atoms with E-state index in [1.807, 2.05) is 0 Å². The van der Waals surface area contributed by atoms with Crippen molar-refractivity contribution < 1.29 is 22.4 Å². The van der Waals surface area contributed by atoms with Gasteiger partial charge in [0.05, 0.1) is 11.8 Å². The molecular formula is C16H15F4N3OS. The van der Waals surface area contributed by atoms with E-state index in [4.69, 9.17) is 0 Å². The molecule has 4 nitrogen and oxygen atoms in total. The number of piperidine rings is 1. The molecular weight excluding hydrogens is 358 g/mol. The number of amides is 1. The van der Waals surface area contributed by atoms with E-state index in [1.165, 1.54) is 18.2 Å². The molecule has 0 spiro atoms. The van der Waals surface area contributed by atoms with Crippen molar-refractivity contribution in [2.75, 3.05) is 18.4 Å². The zero-order valence-electron chi connectivity index (χ0n) is 13.0. The van der Waals surface area contributed by atoms with Crippen molar-refractivity contribution in [3.05, 3.63) is 46.7 Å². The number of rotatable bonds is 3. The van der Waals surface area contributed by atoms with Crippen LogP contribution < -0.4 is 5.32 Å². The quantitative estimate of drug-likeness (QED) is 0.827. The molecule has 25 heavy (non-hydrogen) atoms. The topological polar surface area (TPSA) is 45.2 Å². The summed E-state index contributed by atoms with van der Waals surface area (Å²) in [6.45, 7) is 0.810. The van der Waals surface area contributed by atoms with Crippen LogP contribution in [0, 0.1) is 5.82 Å². The van der Waals surface area contributed by atoms with Crippen LogP contribution in [-0.4, -0.2) is 34.9 Å². The molecule has 2 heterocycles. The van der Waals surface area contributed by atoms with Crippen molar-refractivity contribution in [3.8, 4) is 0 Å². The Labute approximate surface area is 145 Å². The molecule has 134 valence electrons. The van der Waals surface area contributed by atoms with E-state index in [0.29, 0.717) is 37.3 Å². The van der Waals surface area contributed by atoms with Gasteiger partial charge < -0.3 is 10.2 Å². The van der Waals surface area contributed by atoms with Crippen molar-refractivity contribution in [3.63, 3.8) is 0 Å². The number of nitrogens with one attached hydrogen (secondary N) is 1. The van der Waals surface area contributed by atoms with Crippen molar-refractivity contribution in [1.29, 1.82) is 0 Å². The largest absolute Gasteiger partial charge is 0.427 e. The molecule has 0 bridgehead atoms. The first kappa shape index (κ1) is 17.7. The van der Waals surface area contributed by atoms with Gasteiger partial charge in [-0.15, -0.1) is 0 Å². The lowest BCUT2D eigenvalue weighted by molar-refractivity contribution is -0.134. The average molecular weight is 373 g/mol. The number of thiazole rings is 1. The molecule has 0 saturated carbocycles. The molecule has 3 rings (SSSR count). The molecule has 1 aliphatic rings. The number of carbonyl (C=O) groups is 1. The smallest absolute Gasteiger partial charge is 0.359 e. The fourth-order valence-corrected chi connectivity index (χ4v) is 3.44. The van der Waals surface area contributed by atoms with Gasteiger partial charge in [-0.2, -0.15) is 13.2 Å². The van der Waals surface area contributed by atoms with Gasteiger partial charge in [0, 0.05) is 19.1 Å². The first-order valence-electron chi connectivity index (χ1n) is 7.68. The third kappa shape index (κ3) is 4.09. The maximum atomic E-state index is 13.7. The molecule has 1 amide bonds. The van der Waals surface area contributed by atoms with Gasteiger partial charge in [0.1, 0.15) is 10.7 Å².